The zero-order valence-electron chi connectivity index (χ0n) is 22.2. The minimum Gasteiger partial charge on any atom is -0.496 e. The number of likely N-dealkylation sites (tertiary alicyclic amines) is 1. The number of fused-ring (bicyclic) bond motifs is 1. The molecule has 3 aromatic rings. The van der Waals surface area contributed by atoms with Crippen LogP contribution in [-0.4, -0.2) is 57.9 Å². The van der Waals surface area contributed by atoms with Crippen molar-refractivity contribution in [3.63, 3.8) is 0 Å². The largest absolute Gasteiger partial charge is 0.496 e. The Bertz CT molecular complexity index is 1330. The lowest BCUT2D eigenvalue weighted by molar-refractivity contribution is -0.0231. The van der Waals surface area contributed by atoms with Gasteiger partial charge in [0.1, 0.15) is 5.75 Å². The molecule has 1 N–H and O–H groups in total. The quantitative estimate of drug-likeness (QED) is 0.410. The molecule has 1 aliphatic heterocycles. The average molecular weight is 515 g/mol. The molecular weight excluding hydrogens is 478 g/mol. The lowest BCUT2D eigenvalue weighted by Crippen LogP contribution is -2.41. The molecule has 200 valence electrons. The van der Waals surface area contributed by atoms with E-state index in [1.165, 1.54) is 7.11 Å². The van der Waals surface area contributed by atoms with Crippen molar-refractivity contribution < 1.29 is 18.3 Å². The van der Waals surface area contributed by atoms with E-state index < -0.39 is 5.92 Å². The monoisotopic (exact) mass is 514 g/mol. The summed E-state index contributed by atoms with van der Waals surface area (Å²) >= 11 is 0. The van der Waals surface area contributed by atoms with Gasteiger partial charge in [-0.3, -0.25) is 14.5 Å². The highest BCUT2D eigenvalue weighted by Gasteiger charge is 2.33. The lowest BCUT2D eigenvalue weighted by atomic mass is 9.82. The molecule has 0 spiro atoms. The van der Waals surface area contributed by atoms with Crippen molar-refractivity contribution in [3.8, 4) is 5.75 Å². The van der Waals surface area contributed by atoms with E-state index in [2.05, 4.69) is 17.0 Å². The topological polar surface area (TPSA) is 79.7 Å². The number of hydrogen-bond acceptors (Lipinski definition) is 5. The van der Waals surface area contributed by atoms with Crippen LogP contribution in [0.4, 0.5) is 8.78 Å². The average Bonchev–Trinajstić information content (AvgIpc) is 3.13. The fourth-order valence-corrected chi connectivity index (χ4v) is 5.81. The van der Waals surface area contributed by atoms with Gasteiger partial charge in [-0.2, -0.15) is 5.10 Å². The van der Waals surface area contributed by atoms with Crippen LogP contribution >= 0.6 is 0 Å². The number of H-pyrrole nitrogens is 1. The number of ether oxygens (including phenoxy) is 1. The summed E-state index contributed by atoms with van der Waals surface area (Å²) in [5, 5.41) is 4.57. The number of carbonyl (C=O) groups excluding carboxylic acids is 1. The fraction of sp³-hybridized carbons (Fsp3) is 0.536. The zero-order chi connectivity index (χ0) is 26.9. The first-order valence-electron chi connectivity index (χ1n) is 12.9. The Balaban J connectivity index is 1.58. The number of ketones is 1. The Morgan fingerprint density at radius 3 is 2.65 bits per heavy atom. The van der Waals surface area contributed by atoms with Crippen LogP contribution in [0, 0.1) is 19.8 Å². The Hall–Kier alpha value is -3.07. The summed E-state index contributed by atoms with van der Waals surface area (Å²) in [5.74, 6) is -1.86. The van der Waals surface area contributed by atoms with E-state index in [0.29, 0.717) is 41.6 Å². The molecule has 3 aromatic heterocycles. The number of rotatable bonds is 9. The molecule has 0 aromatic carbocycles. The van der Waals surface area contributed by atoms with Crippen LogP contribution in [0.1, 0.15) is 71.9 Å². The summed E-state index contributed by atoms with van der Waals surface area (Å²) in [5.41, 5.74) is 4.17. The molecule has 1 saturated heterocycles. The number of hydrogen-bond donors (Lipinski definition) is 1. The molecule has 0 radical (unpaired) electrons. The summed E-state index contributed by atoms with van der Waals surface area (Å²) < 4.78 is 34.2. The fourth-order valence-electron chi connectivity index (χ4n) is 5.81. The van der Waals surface area contributed by atoms with Gasteiger partial charge in [0.2, 0.25) is 0 Å². The molecule has 1 atom stereocenters. The summed E-state index contributed by atoms with van der Waals surface area (Å²) in [6.45, 7) is 7.90. The van der Waals surface area contributed by atoms with E-state index in [9.17, 15) is 18.4 Å². The molecule has 1 unspecified atom stereocenters. The second-order valence-electron chi connectivity index (χ2n) is 10.4. The van der Waals surface area contributed by atoms with Crippen LogP contribution in [0.3, 0.4) is 0 Å². The number of nitrogens with one attached hydrogen (secondary N) is 1. The third-order valence-electron chi connectivity index (χ3n) is 7.60. The highest BCUT2D eigenvalue weighted by atomic mass is 19.3. The van der Waals surface area contributed by atoms with E-state index >= 15 is 0 Å². The maximum Gasteiger partial charge on any atom is 0.257 e. The number of aromatic nitrogens is 3. The summed E-state index contributed by atoms with van der Waals surface area (Å²) in [4.78, 5) is 30.7. The second kappa shape index (κ2) is 10.7. The van der Waals surface area contributed by atoms with E-state index in [0.717, 1.165) is 36.5 Å². The summed E-state index contributed by atoms with van der Waals surface area (Å²) in [6, 6.07) is 5.47. The first kappa shape index (κ1) is 27.0. The van der Waals surface area contributed by atoms with Gasteiger partial charge < -0.3 is 9.72 Å². The lowest BCUT2D eigenvalue weighted by Gasteiger charge is -2.36. The van der Waals surface area contributed by atoms with E-state index in [1.807, 2.05) is 28.5 Å². The summed E-state index contributed by atoms with van der Waals surface area (Å²) in [7, 11) is 1.52. The number of methoxy groups -OCH3 is 1. The van der Waals surface area contributed by atoms with Gasteiger partial charge in [-0.05, 0) is 75.9 Å². The predicted octanol–water partition coefficient (Wildman–Crippen LogP) is 4.93. The van der Waals surface area contributed by atoms with Crippen LogP contribution in [-0.2, 0) is 6.42 Å². The second-order valence-corrected chi connectivity index (χ2v) is 10.4. The standard InChI is InChI=1S/C28H36F2N4O3/c1-17-15-24(37-5)21(27(36)32-17)8-9-23(35)25-19(3)26(34-22(25)7-6-12-31-34)18(2)20-10-13-33(14-11-20)16-28(4,29)30/h6-7,12,15,18,20H,8-11,13-14,16H2,1-5H3,(H,32,36). The van der Waals surface area contributed by atoms with Gasteiger partial charge in [-0.25, -0.2) is 13.3 Å². The first-order valence-corrected chi connectivity index (χ1v) is 12.9. The van der Waals surface area contributed by atoms with Gasteiger partial charge in [0.25, 0.3) is 11.5 Å². The maximum absolute atomic E-state index is 13.5. The van der Waals surface area contributed by atoms with Crippen molar-refractivity contribution in [2.24, 2.45) is 5.92 Å². The van der Waals surface area contributed by atoms with Crippen molar-refractivity contribution in [3.05, 3.63) is 62.8 Å². The third kappa shape index (κ3) is 5.76. The van der Waals surface area contributed by atoms with E-state index in [1.54, 1.807) is 19.2 Å². The third-order valence-corrected chi connectivity index (χ3v) is 7.60. The number of carbonyl (C=O) groups is 1. The molecule has 1 fully saturated rings. The number of nitrogens with zero attached hydrogens (tertiary/aromatic N) is 3. The number of aryl methyl sites for hydroxylation is 1. The highest BCUT2D eigenvalue weighted by Crippen LogP contribution is 2.37. The van der Waals surface area contributed by atoms with Crippen molar-refractivity contribution in [1.82, 2.24) is 19.5 Å². The van der Waals surface area contributed by atoms with Crippen molar-refractivity contribution >= 4 is 11.3 Å². The van der Waals surface area contributed by atoms with Crippen LogP contribution in [0.25, 0.3) is 5.52 Å². The van der Waals surface area contributed by atoms with Crippen molar-refractivity contribution in [1.29, 1.82) is 0 Å². The van der Waals surface area contributed by atoms with E-state index in [-0.39, 0.29) is 36.6 Å². The smallest absolute Gasteiger partial charge is 0.257 e. The Labute approximate surface area is 215 Å². The zero-order valence-corrected chi connectivity index (χ0v) is 22.2. The molecule has 9 heteroatoms. The van der Waals surface area contributed by atoms with Crippen molar-refractivity contribution in [2.75, 3.05) is 26.7 Å². The van der Waals surface area contributed by atoms with Gasteiger partial charge in [0, 0.05) is 42.4 Å². The number of Topliss-reactive ketones (excluding diaryl/α,β-unsaturated/α-hetero) is 1. The van der Waals surface area contributed by atoms with Gasteiger partial charge in [-0.1, -0.05) is 6.92 Å². The van der Waals surface area contributed by atoms with Crippen LogP contribution in [0.2, 0.25) is 0 Å². The molecule has 37 heavy (non-hydrogen) atoms. The number of aromatic amines is 1. The number of piperidine rings is 1. The molecule has 0 bridgehead atoms. The Kier molecular flexibility index (Phi) is 7.83. The van der Waals surface area contributed by atoms with Gasteiger partial charge in [0.05, 0.1) is 24.7 Å². The normalized spacial score (nSPS) is 16.3. The summed E-state index contributed by atoms with van der Waals surface area (Å²) in [6.07, 6.45) is 3.76. The van der Waals surface area contributed by atoms with Crippen LogP contribution in [0.5, 0.6) is 5.75 Å². The van der Waals surface area contributed by atoms with Crippen LogP contribution < -0.4 is 10.3 Å². The molecule has 4 heterocycles. The number of alkyl halides is 2. The van der Waals surface area contributed by atoms with Gasteiger partial charge in [0.15, 0.2) is 5.78 Å². The Morgan fingerprint density at radius 1 is 1.30 bits per heavy atom. The van der Waals surface area contributed by atoms with Crippen LogP contribution in [0.15, 0.2) is 29.2 Å². The van der Waals surface area contributed by atoms with E-state index in [4.69, 9.17) is 4.74 Å². The molecule has 0 aliphatic carbocycles. The molecular formula is C28H36F2N4O3. The first-order chi connectivity index (χ1) is 17.5. The number of halogens is 2. The highest BCUT2D eigenvalue weighted by molar-refractivity contribution is 6.04. The Morgan fingerprint density at radius 2 is 2.00 bits per heavy atom. The predicted molar refractivity (Wildman–Crippen MR) is 139 cm³/mol. The van der Waals surface area contributed by atoms with Gasteiger partial charge >= 0.3 is 0 Å². The maximum atomic E-state index is 13.5. The van der Waals surface area contributed by atoms with Gasteiger partial charge in [-0.15, -0.1) is 0 Å². The minimum absolute atomic E-state index is 0.0523. The molecule has 0 saturated carbocycles. The molecule has 7 nitrogen and oxygen atoms in total. The van der Waals surface area contributed by atoms with Crippen molar-refractivity contribution in [2.45, 2.75) is 65.2 Å². The number of pyridine rings is 1. The minimum atomic E-state index is -2.70. The molecule has 1 aliphatic rings. The molecule has 0 amide bonds. The molecule has 4 rings (SSSR count). The SMILES string of the molecule is COc1cc(C)[nH]c(=O)c1CCC(=O)c1c(C)c(C(C)C2CCN(CC(C)(F)F)CC2)n2ncccc12.